The number of thioether (sulfide) groups is 1. The van der Waals surface area contributed by atoms with Crippen LogP contribution in [0, 0.1) is 5.82 Å². The van der Waals surface area contributed by atoms with Crippen molar-refractivity contribution in [2.24, 2.45) is 0 Å². The number of aromatic nitrogens is 3. The fourth-order valence-electron chi connectivity index (χ4n) is 3.38. The molecule has 2 N–H and O–H groups in total. The van der Waals surface area contributed by atoms with E-state index < -0.39 is 11.7 Å². The molecule has 0 saturated carbocycles. The molecular weight excluding hydrogens is 469 g/mol. The summed E-state index contributed by atoms with van der Waals surface area (Å²) >= 11 is 1.25. The maximum absolute atomic E-state index is 13.1. The molecule has 0 unspecified atom stereocenters. The number of nitrogens with one attached hydrogen (secondary N) is 2. The van der Waals surface area contributed by atoms with Crippen molar-refractivity contribution in [3.63, 3.8) is 0 Å². The summed E-state index contributed by atoms with van der Waals surface area (Å²) in [7, 11) is 0. The van der Waals surface area contributed by atoms with Gasteiger partial charge in [-0.1, -0.05) is 37.7 Å². The number of furan rings is 1. The lowest BCUT2D eigenvalue weighted by Crippen LogP contribution is -2.19. The van der Waals surface area contributed by atoms with Crippen LogP contribution in [-0.4, -0.2) is 32.3 Å². The maximum Gasteiger partial charge on any atom is 0.257 e. The summed E-state index contributed by atoms with van der Waals surface area (Å²) in [6.07, 6.45) is 1.61. The number of anilines is 2. The molecule has 10 heteroatoms. The molecule has 0 aliphatic carbocycles. The lowest BCUT2D eigenvalue weighted by Gasteiger charge is -2.12. The molecular formula is C25H24FN5O3S. The van der Waals surface area contributed by atoms with Crippen molar-refractivity contribution >= 4 is 35.0 Å². The van der Waals surface area contributed by atoms with E-state index in [1.165, 1.54) is 36.0 Å². The standard InChI is InChI=1S/C25H24FN5O3S/c1-16(2)23-29-30-25(31(23)14-19-6-5-13-34-19)35-15-22(32)28-21-8-4-3-7-20(21)24(33)27-18-11-9-17(26)10-12-18/h3-13,16H,14-15H2,1-2H3,(H,27,33)(H,28,32). The summed E-state index contributed by atoms with van der Waals surface area (Å²) in [6.45, 7) is 4.51. The van der Waals surface area contributed by atoms with Crippen LogP contribution in [0.25, 0.3) is 0 Å². The first-order chi connectivity index (χ1) is 16.9. The monoisotopic (exact) mass is 493 g/mol. The van der Waals surface area contributed by atoms with Crippen molar-refractivity contribution in [3.05, 3.63) is 89.9 Å². The Balaban J connectivity index is 1.42. The Hall–Kier alpha value is -3.92. The fourth-order valence-corrected chi connectivity index (χ4v) is 4.12. The second kappa shape index (κ2) is 11.0. The van der Waals surface area contributed by atoms with Crippen molar-refractivity contribution in [2.75, 3.05) is 16.4 Å². The van der Waals surface area contributed by atoms with Gasteiger partial charge in [-0.15, -0.1) is 10.2 Å². The molecule has 0 bridgehead atoms. The zero-order chi connectivity index (χ0) is 24.8. The van der Waals surface area contributed by atoms with E-state index in [-0.39, 0.29) is 17.6 Å². The van der Waals surface area contributed by atoms with Gasteiger partial charge in [-0.05, 0) is 48.5 Å². The zero-order valence-electron chi connectivity index (χ0n) is 19.2. The number of hydrogen-bond acceptors (Lipinski definition) is 6. The Morgan fingerprint density at radius 2 is 1.80 bits per heavy atom. The van der Waals surface area contributed by atoms with E-state index in [1.54, 1.807) is 30.5 Å². The van der Waals surface area contributed by atoms with Gasteiger partial charge in [-0.2, -0.15) is 0 Å². The number of nitrogens with zero attached hydrogens (tertiary/aromatic N) is 3. The second-order valence-electron chi connectivity index (χ2n) is 8.00. The van der Waals surface area contributed by atoms with E-state index >= 15 is 0 Å². The fraction of sp³-hybridized carbons (Fsp3) is 0.200. The SMILES string of the molecule is CC(C)c1nnc(SCC(=O)Nc2ccccc2C(=O)Nc2ccc(F)cc2)n1Cc1ccco1. The number of amides is 2. The second-order valence-corrected chi connectivity index (χ2v) is 8.95. The minimum absolute atomic E-state index is 0.0717. The van der Waals surface area contributed by atoms with Gasteiger partial charge in [-0.25, -0.2) is 4.39 Å². The van der Waals surface area contributed by atoms with Crippen LogP contribution in [0.1, 0.15) is 41.7 Å². The van der Waals surface area contributed by atoms with Crippen LogP contribution in [0.4, 0.5) is 15.8 Å². The van der Waals surface area contributed by atoms with Crippen molar-refractivity contribution in [2.45, 2.75) is 31.5 Å². The first-order valence-electron chi connectivity index (χ1n) is 10.9. The third-order valence-corrected chi connectivity index (χ3v) is 6.00. The predicted octanol–water partition coefficient (Wildman–Crippen LogP) is 5.17. The highest BCUT2D eigenvalue weighted by atomic mass is 32.2. The van der Waals surface area contributed by atoms with Crippen LogP contribution >= 0.6 is 11.8 Å². The quantitative estimate of drug-likeness (QED) is 0.312. The number of para-hydroxylation sites is 1. The number of benzene rings is 2. The normalized spacial score (nSPS) is 11.0. The lowest BCUT2D eigenvalue weighted by atomic mass is 10.1. The molecule has 2 aromatic heterocycles. The molecule has 4 rings (SSSR count). The van der Waals surface area contributed by atoms with Gasteiger partial charge in [0.1, 0.15) is 17.4 Å². The third kappa shape index (κ3) is 6.15. The van der Waals surface area contributed by atoms with E-state index in [0.29, 0.717) is 28.6 Å². The molecule has 35 heavy (non-hydrogen) atoms. The van der Waals surface area contributed by atoms with Gasteiger partial charge in [0.05, 0.1) is 29.8 Å². The zero-order valence-corrected chi connectivity index (χ0v) is 20.0. The molecule has 0 radical (unpaired) electrons. The third-order valence-electron chi connectivity index (χ3n) is 5.04. The minimum atomic E-state index is -0.417. The Morgan fingerprint density at radius 3 is 2.51 bits per heavy atom. The highest BCUT2D eigenvalue weighted by Gasteiger charge is 2.19. The van der Waals surface area contributed by atoms with E-state index in [4.69, 9.17) is 4.42 Å². The van der Waals surface area contributed by atoms with Crippen LogP contribution in [0.3, 0.4) is 0 Å². The summed E-state index contributed by atoms with van der Waals surface area (Å²) in [6, 6.07) is 15.8. The van der Waals surface area contributed by atoms with E-state index in [1.807, 2.05) is 30.5 Å². The molecule has 2 aromatic carbocycles. The molecule has 180 valence electrons. The van der Waals surface area contributed by atoms with Crippen molar-refractivity contribution in [1.82, 2.24) is 14.8 Å². The largest absolute Gasteiger partial charge is 0.467 e. The topological polar surface area (TPSA) is 102 Å². The maximum atomic E-state index is 13.1. The smallest absolute Gasteiger partial charge is 0.257 e. The van der Waals surface area contributed by atoms with E-state index in [9.17, 15) is 14.0 Å². The van der Waals surface area contributed by atoms with Gasteiger partial charge < -0.3 is 15.1 Å². The molecule has 0 spiro atoms. The van der Waals surface area contributed by atoms with Gasteiger partial charge in [0.25, 0.3) is 5.91 Å². The highest BCUT2D eigenvalue weighted by molar-refractivity contribution is 7.99. The summed E-state index contributed by atoms with van der Waals surface area (Å²) in [4.78, 5) is 25.5. The molecule has 0 fully saturated rings. The number of hydrogen-bond donors (Lipinski definition) is 2. The lowest BCUT2D eigenvalue weighted by molar-refractivity contribution is -0.113. The summed E-state index contributed by atoms with van der Waals surface area (Å²) < 4.78 is 20.5. The molecule has 8 nitrogen and oxygen atoms in total. The molecule has 2 heterocycles. The molecule has 0 aliphatic rings. The molecule has 0 saturated heterocycles. The number of carbonyl (C=O) groups is 2. The molecule has 2 amide bonds. The van der Waals surface area contributed by atoms with Crippen molar-refractivity contribution in [3.8, 4) is 0 Å². The Bertz CT molecular complexity index is 1300. The van der Waals surface area contributed by atoms with Crippen LogP contribution in [0.5, 0.6) is 0 Å². The van der Waals surface area contributed by atoms with Crippen LogP contribution in [-0.2, 0) is 11.3 Å². The van der Waals surface area contributed by atoms with Gasteiger partial charge >= 0.3 is 0 Å². The number of halogens is 1. The number of carbonyl (C=O) groups excluding carboxylic acids is 2. The summed E-state index contributed by atoms with van der Waals surface area (Å²) in [5.41, 5.74) is 1.11. The van der Waals surface area contributed by atoms with Gasteiger partial charge in [0, 0.05) is 11.6 Å². The van der Waals surface area contributed by atoms with E-state index in [0.717, 1.165) is 11.6 Å². The number of rotatable bonds is 9. The first-order valence-corrected chi connectivity index (χ1v) is 11.9. The van der Waals surface area contributed by atoms with Gasteiger partial charge in [0.2, 0.25) is 5.91 Å². The minimum Gasteiger partial charge on any atom is -0.467 e. The molecule has 0 aliphatic heterocycles. The van der Waals surface area contributed by atoms with Crippen LogP contribution in [0.15, 0.2) is 76.5 Å². The summed E-state index contributed by atoms with van der Waals surface area (Å²) in [5.74, 6) is 0.671. The summed E-state index contributed by atoms with van der Waals surface area (Å²) in [5, 5.41) is 14.6. The average molecular weight is 494 g/mol. The average Bonchev–Trinajstić information content (AvgIpc) is 3.50. The first kappa shape index (κ1) is 24.2. The van der Waals surface area contributed by atoms with Crippen LogP contribution < -0.4 is 10.6 Å². The van der Waals surface area contributed by atoms with E-state index in [2.05, 4.69) is 20.8 Å². The van der Waals surface area contributed by atoms with Gasteiger partial charge in [-0.3, -0.25) is 14.2 Å². The Morgan fingerprint density at radius 1 is 1.03 bits per heavy atom. The van der Waals surface area contributed by atoms with Gasteiger partial charge in [0.15, 0.2) is 5.16 Å². The van der Waals surface area contributed by atoms with Crippen LogP contribution in [0.2, 0.25) is 0 Å². The highest BCUT2D eigenvalue weighted by Crippen LogP contribution is 2.24. The Labute approximate surface area is 205 Å². The molecule has 0 atom stereocenters. The molecule has 4 aromatic rings. The predicted molar refractivity (Wildman–Crippen MR) is 132 cm³/mol. The van der Waals surface area contributed by atoms with Crippen molar-refractivity contribution in [1.29, 1.82) is 0 Å². The Kier molecular flexibility index (Phi) is 7.61. The van der Waals surface area contributed by atoms with Crippen molar-refractivity contribution < 1.29 is 18.4 Å².